The second-order valence-corrected chi connectivity index (χ2v) is 6.07. The Hall–Kier alpha value is -3.94. The molecule has 0 aliphatic heterocycles. The second-order valence-electron chi connectivity index (χ2n) is 6.07. The number of nitrogens with zero attached hydrogens (tertiary/aromatic N) is 1. The lowest BCUT2D eigenvalue weighted by Gasteiger charge is -2.07. The molecule has 2 N–H and O–H groups in total. The lowest BCUT2D eigenvalue weighted by molar-refractivity contribution is -0.119. The lowest BCUT2D eigenvalue weighted by atomic mass is 10.2. The van der Waals surface area contributed by atoms with Crippen molar-refractivity contribution in [3.8, 4) is 11.5 Å². The van der Waals surface area contributed by atoms with Gasteiger partial charge in [0.15, 0.2) is 12.3 Å². The van der Waals surface area contributed by atoms with Gasteiger partial charge in [0.05, 0.1) is 0 Å². The zero-order chi connectivity index (χ0) is 20.8. The Bertz CT molecular complexity index is 1040. The Kier molecular flexibility index (Phi) is 6.03. The minimum Gasteiger partial charge on any atom is -0.451 e. The highest BCUT2D eigenvalue weighted by Gasteiger charge is 2.20. The van der Waals surface area contributed by atoms with Gasteiger partial charge in [-0.3, -0.25) is 9.59 Å². The van der Waals surface area contributed by atoms with E-state index in [2.05, 4.69) is 15.6 Å². The monoisotopic (exact) mass is 393 g/mol. The minimum atomic E-state index is -0.761. The fraction of sp³-hybridized carbons (Fsp3) is 0.143. The number of ether oxygens (including phenoxy) is 1. The number of anilines is 1. The third-order valence-electron chi connectivity index (χ3n) is 3.98. The summed E-state index contributed by atoms with van der Waals surface area (Å²) in [6.45, 7) is 1.09. The number of nitrogens with one attached hydrogen (secondary N) is 2. The van der Waals surface area contributed by atoms with Gasteiger partial charge in [0.2, 0.25) is 5.89 Å². The number of carbonyl (C=O) groups excluding carboxylic acids is 3. The molecule has 148 valence electrons. The highest BCUT2D eigenvalue weighted by atomic mass is 16.5. The number of amides is 2. The molecule has 0 spiro atoms. The third-order valence-corrected chi connectivity index (χ3v) is 3.98. The standard InChI is InChI=1S/C21H19N3O5/c1-13-18(24-20(29-13)14-7-4-3-5-8-14)21(27)28-12-17(25)23-16-10-6-9-15(11-16)19(26)22-2/h3-11H,12H2,1-2H3,(H,22,26)(H,23,25). The van der Waals surface area contributed by atoms with Gasteiger partial charge < -0.3 is 19.8 Å². The molecule has 0 fully saturated rings. The lowest BCUT2D eigenvalue weighted by Crippen LogP contribution is -2.22. The van der Waals surface area contributed by atoms with Crippen molar-refractivity contribution in [2.45, 2.75) is 6.92 Å². The number of aryl methyl sites for hydroxylation is 1. The molecular weight excluding hydrogens is 374 g/mol. The molecule has 1 aromatic heterocycles. The summed E-state index contributed by atoms with van der Waals surface area (Å²) in [5.74, 6) is -0.985. The molecule has 0 bridgehead atoms. The molecule has 8 heteroatoms. The van der Waals surface area contributed by atoms with Crippen molar-refractivity contribution in [3.05, 3.63) is 71.6 Å². The average Bonchev–Trinajstić information content (AvgIpc) is 3.14. The summed E-state index contributed by atoms with van der Waals surface area (Å²) >= 11 is 0. The summed E-state index contributed by atoms with van der Waals surface area (Å²) < 4.78 is 10.6. The smallest absolute Gasteiger partial charge is 0.361 e. The molecule has 1 heterocycles. The van der Waals surface area contributed by atoms with E-state index in [0.717, 1.165) is 5.56 Å². The van der Waals surface area contributed by atoms with Crippen LogP contribution in [0.2, 0.25) is 0 Å². The van der Waals surface area contributed by atoms with Crippen LogP contribution in [0.4, 0.5) is 5.69 Å². The number of carbonyl (C=O) groups is 3. The number of hydrogen-bond donors (Lipinski definition) is 2. The van der Waals surface area contributed by atoms with E-state index in [1.165, 1.54) is 13.1 Å². The van der Waals surface area contributed by atoms with E-state index in [1.54, 1.807) is 37.3 Å². The quantitative estimate of drug-likeness (QED) is 0.623. The van der Waals surface area contributed by atoms with Gasteiger partial charge in [0.25, 0.3) is 11.8 Å². The molecular formula is C21H19N3O5. The molecule has 8 nitrogen and oxygen atoms in total. The van der Waals surface area contributed by atoms with Crippen molar-refractivity contribution in [2.75, 3.05) is 19.0 Å². The van der Waals surface area contributed by atoms with Gasteiger partial charge in [0, 0.05) is 23.9 Å². The van der Waals surface area contributed by atoms with Gasteiger partial charge in [0.1, 0.15) is 5.76 Å². The van der Waals surface area contributed by atoms with E-state index in [9.17, 15) is 14.4 Å². The predicted octanol–water partition coefficient (Wildman–Crippen LogP) is 2.81. The summed E-state index contributed by atoms with van der Waals surface area (Å²) in [6, 6.07) is 15.5. The van der Waals surface area contributed by atoms with Gasteiger partial charge in [-0.25, -0.2) is 9.78 Å². The second kappa shape index (κ2) is 8.83. The van der Waals surface area contributed by atoms with Crippen LogP contribution in [-0.2, 0) is 9.53 Å². The van der Waals surface area contributed by atoms with Crippen LogP contribution in [0.5, 0.6) is 0 Å². The fourth-order valence-corrected chi connectivity index (χ4v) is 2.57. The zero-order valence-electron chi connectivity index (χ0n) is 15.9. The summed E-state index contributed by atoms with van der Waals surface area (Å²) in [4.78, 5) is 40.2. The Morgan fingerprint density at radius 2 is 1.83 bits per heavy atom. The number of rotatable bonds is 6. The van der Waals surface area contributed by atoms with E-state index >= 15 is 0 Å². The maximum atomic E-state index is 12.3. The van der Waals surface area contributed by atoms with Crippen LogP contribution in [0.1, 0.15) is 26.6 Å². The summed E-state index contributed by atoms with van der Waals surface area (Å²) in [7, 11) is 1.52. The Morgan fingerprint density at radius 3 is 2.55 bits per heavy atom. The molecule has 0 unspecified atom stereocenters. The maximum Gasteiger partial charge on any atom is 0.361 e. The highest BCUT2D eigenvalue weighted by molar-refractivity contribution is 5.98. The zero-order valence-corrected chi connectivity index (χ0v) is 15.9. The topological polar surface area (TPSA) is 111 Å². The summed E-state index contributed by atoms with van der Waals surface area (Å²) in [6.07, 6.45) is 0. The molecule has 3 aromatic rings. The van der Waals surface area contributed by atoms with Gasteiger partial charge in [-0.1, -0.05) is 24.3 Å². The molecule has 3 rings (SSSR count). The Balaban J connectivity index is 1.60. The van der Waals surface area contributed by atoms with Crippen molar-refractivity contribution < 1.29 is 23.5 Å². The highest BCUT2D eigenvalue weighted by Crippen LogP contribution is 2.21. The molecule has 0 saturated carbocycles. The first-order valence-corrected chi connectivity index (χ1v) is 8.80. The van der Waals surface area contributed by atoms with Crippen LogP contribution in [0.15, 0.2) is 59.0 Å². The fourth-order valence-electron chi connectivity index (χ4n) is 2.57. The van der Waals surface area contributed by atoms with Crippen LogP contribution in [-0.4, -0.2) is 36.4 Å². The van der Waals surface area contributed by atoms with Crippen molar-refractivity contribution in [1.82, 2.24) is 10.3 Å². The summed E-state index contributed by atoms with van der Waals surface area (Å²) in [5, 5.41) is 5.08. The van der Waals surface area contributed by atoms with Crippen molar-refractivity contribution in [3.63, 3.8) is 0 Å². The molecule has 0 saturated heterocycles. The van der Waals surface area contributed by atoms with E-state index in [-0.39, 0.29) is 11.6 Å². The minimum absolute atomic E-state index is 0.0123. The maximum absolute atomic E-state index is 12.3. The average molecular weight is 393 g/mol. The molecule has 2 aromatic carbocycles. The first-order valence-electron chi connectivity index (χ1n) is 8.80. The van der Waals surface area contributed by atoms with Crippen LogP contribution < -0.4 is 10.6 Å². The van der Waals surface area contributed by atoms with Crippen LogP contribution in [0.25, 0.3) is 11.5 Å². The van der Waals surface area contributed by atoms with E-state index in [1.807, 2.05) is 18.2 Å². The predicted molar refractivity (Wildman–Crippen MR) is 105 cm³/mol. The number of oxazole rings is 1. The van der Waals surface area contributed by atoms with E-state index < -0.39 is 18.5 Å². The van der Waals surface area contributed by atoms with Crippen molar-refractivity contribution in [1.29, 1.82) is 0 Å². The van der Waals surface area contributed by atoms with E-state index in [4.69, 9.17) is 9.15 Å². The van der Waals surface area contributed by atoms with Gasteiger partial charge in [-0.05, 0) is 37.3 Å². The first kappa shape index (κ1) is 19.8. The number of hydrogen-bond acceptors (Lipinski definition) is 6. The Morgan fingerprint density at radius 1 is 1.07 bits per heavy atom. The molecule has 0 atom stereocenters. The van der Waals surface area contributed by atoms with Crippen molar-refractivity contribution in [2.24, 2.45) is 0 Å². The normalized spacial score (nSPS) is 10.3. The Labute approximate surface area is 166 Å². The van der Waals surface area contributed by atoms with E-state index in [0.29, 0.717) is 22.9 Å². The van der Waals surface area contributed by atoms with Crippen LogP contribution in [0, 0.1) is 6.92 Å². The third kappa shape index (κ3) is 4.86. The number of aromatic nitrogens is 1. The molecule has 0 aliphatic carbocycles. The number of esters is 1. The van der Waals surface area contributed by atoms with Gasteiger partial charge in [-0.2, -0.15) is 0 Å². The molecule has 29 heavy (non-hydrogen) atoms. The first-order chi connectivity index (χ1) is 14.0. The van der Waals surface area contributed by atoms with Crippen LogP contribution >= 0.6 is 0 Å². The summed E-state index contributed by atoms with van der Waals surface area (Å²) in [5.41, 5.74) is 1.55. The molecule has 0 radical (unpaired) electrons. The van der Waals surface area contributed by atoms with Crippen molar-refractivity contribution >= 4 is 23.5 Å². The molecule has 2 amide bonds. The largest absolute Gasteiger partial charge is 0.451 e. The number of benzene rings is 2. The van der Waals surface area contributed by atoms with Gasteiger partial charge >= 0.3 is 5.97 Å². The SMILES string of the molecule is CNC(=O)c1cccc(NC(=O)COC(=O)c2nc(-c3ccccc3)oc2C)c1. The van der Waals surface area contributed by atoms with Gasteiger partial charge in [-0.15, -0.1) is 0 Å². The van der Waals surface area contributed by atoms with Crippen LogP contribution in [0.3, 0.4) is 0 Å². The molecule has 0 aliphatic rings.